The molecule has 0 spiro atoms. The first-order valence-corrected chi connectivity index (χ1v) is 7.62. The van der Waals surface area contributed by atoms with E-state index in [1.807, 2.05) is 0 Å². The van der Waals surface area contributed by atoms with Gasteiger partial charge in [-0.15, -0.1) is 0 Å². The van der Waals surface area contributed by atoms with Gasteiger partial charge in [0.15, 0.2) is 5.82 Å². The summed E-state index contributed by atoms with van der Waals surface area (Å²) in [5.74, 6) is -3.67. The molecule has 0 saturated carbocycles. The highest BCUT2D eigenvalue weighted by molar-refractivity contribution is 8.13. The second-order valence-electron chi connectivity index (χ2n) is 3.83. The highest BCUT2D eigenvalue weighted by atomic mass is 35.7. The van der Waals surface area contributed by atoms with Crippen LogP contribution in [0.3, 0.4) is 0 Å². The molecule has 0 N–H and O–H groups in total. The quantitative estimate of drug-likeness (QED) is 0.633. The summed E-state index contributed by atoms with van der Waals surface area (Å²) in [6, 6.07) is 0.962. The summed E-state index contributed by atoms with van der Waals surface area (Å²) in [5, 5.41) is 0. The monoisotopic (exact) mass is 312 g/mol. The van der Waals surface area contributed by atoms with Crippen LogP contribution in [-0.4, -0.2) is 20.5 Å². The zero-order chi connectivity index (χ0) is 14.8. The Morgan fingerprint density at radius 3 is 2.47 bits per heavy atom. The van der Waals surface area contributed by atoms with Crippen LogP contribution in [0.5, 0.6) is 0 Å². The highest BCUT2D eigenvalue weighted by Gasteiger charge is 2.25. The summed E-state index contributed by atoms with van der Waals surface area (Å²) in [5.41, 5.74) is -0.806. The molecule has 0 bridgehead atoms. The van der Waals surface area contributed by atoms with Crippen LogP contribution in [0, 0.1) is 11.6 Å². The molecule has 106 valence electrons. The molecule has 0 radical (unpaired) electrons. The summed E-state index contributed by atoms with van der Waals surface area (Å²) in [6.45, 7) is 3.29. The van der Waals surface area contributed by atoms with Crippen molar-refractivity contribution in [2.45, 2.75) is 31.3 Å². The number of ether oxygens (including phenoxy) is 1. The highest BCUT2D eigenvalue weighted by Crippen LogP contribution is 2.24. The molecule has 0 aliphatic heterocycles. The number of benzene rings is 1. The molecule has 1 atom stereocenters. The summed E-state index contributed by atoms with van der Waals surface area (Å²) in [6.07, 6.45) is -0.0326. The zero-order valence-corrected chi connectivity index (χ0v) is 11.7. The van der Waals surface area contributed by atoms with Crippen LogP contribution >= 0.6 is 10.7 Å². The first-order valence-electron chi connectivity index (χ1n) is 5.31. The Hall–Kier alpha value is -1.21. The van der Waals surface area contributed by atoms with Gasteiger partial charge in [-0.3, -0.25) is 0 Å². The van der Waals surface area contributed by atoms with Gasteiger partial charge in [-0.2, -0.15) is 0 Å². The van der Waals surface area contributed by atoms with E-state index in [0.29, 0.717) is 18.6 Å². The molecule has 0 fully saturated rings. The van der Waals surface area contributed by atoms with Gasteiger partial charge in [0, 0.05) is 10.7 Å². The van der Waals surface area contributed by atoms with E-state index in [1.165, 1.54) is 0 Å². The zero-order valence-electron chi connectivity index (χ0n) is 10.1. The molecule has 0 heterocycles. The lowest BCUT2D eigenvalue weighted by molar-refractivity contribution is 0.0328. The van der Waals surface area contributed by atoms with Gasteiger partial charge < -0.3 is 4.74 Å². The Kier molecular flexibility index (Phi) is 4.86. The van der Waals surface area contributed by atoms with Crippen LogP contribution < -0.4 is 0 Å². The van der Waals surface area contributed by atoms with Gasteiger partial charge in [0.2, 0.25) is 0 Å². The Balaban J connectivity index is 3.30. The Labute approximate surface area is 113 Å². The fourth-order valence-corrected chi connectivity index (χ4v) is 2.13. The Bertz CT molecular complexity index is 601. The molecule has 1 unspecified atom stereocenters. The number of halogens is 3. The predicted octanol–water partition coefficient (Wildman–Crippen LogP) is 2.85. The van der Waals surface area contributed by atoms with Crippen molar-refractivity contribution >= 4 is 25.7 Å². The van der Waals surface area contributed by atoms with E-state index in [4.69, 9.17) is 15.4 Å². The maximum Gasteiger partial charge on any atom is 0.341 e. The van der Waals surface area contributed by atoms with E-state index in [2.05, 4.69) is 0 Å². The first kappa shape index (κ1) is 15.8. The number of hydrogen-bond acceptors (Lipinski definition) is 4. The molecule has 0 amide bonds. The second-order valence-corrected chi connectivity index (χ2v) is 6.36. The molecule has 4 nitrogen and oxygen atoms in total. The van der Waals surface area contributed by atoms with Crippen LogP contribution in [0.15, 0.2) is 17.0 Å². The molecule has 0 aromatic heterocycles. The minimum absolute atomic E-state index is 0.400. The van der Waals surface area contributed by atoms with E-state index in [0.717, 1.165) is 0 Å². The average Bonchev–Trinajstić information content (AvgIpc) is 2.29. The molecule has 19 heavy (non-hydrogen) atoms. The number of esters is 1. The molecule has 1 aromatic carbocycles. The van der Waals surface area contributed by atoms with E-state index in [1.54, 1.807) is 13.8 Å². The predicted molar refractivity (Wildman–Crippen MR) is 64.6 cm³/mol. The van der Waals surface area contributed by atoms with Gasteiger partial charge in [0.05, 0.1) is 11.7 Å². The van der Waals surface area contributed by atoms with Crippen molar-refractivity contribution in [3.63, 3.8) is 0 Å². The first-order chi connectivity index (χ1) is 8.66. The van der Waals surface area contributed by atoms with Crippen LogP contribution in [0.2, 0.25) is 0 Å². The Morgan fingerprint density at radius 2 is 2.00 bits per heavy atom. The second kappa shape index (κ2) is 5.83. The molecular formula is C11H11ClF2O4S. The van der Waals surface area contributed by atoms with Crippen LogP contribution in [0.4, 0.5) is 8.78 Å². The summed E-state index contributed by atoms with van der Waals surface area (Å²) in [4.78, 5) is 10.5. The third-order valence-electron chi connectivity index (χ3n) is 2.37. The summed E-state index contributed by atoms with van der Waals surface area (Å²) in [7, 11) is 0.462. The lowest BCUT2D eigenvalue weighted by Gasteiger charge is -2.12. The minimum Gasteiger partial charge on any atom is -0.459 e. The Morgan fingerprint density at radius 1 is 1.42 bits per heavy atom. The topological polar surface area (TPSA) is 60.4 Å². The van der Waals surface area contributed by atoms with Crippen molar-refractivity contribution in [1.82, 2.24) is 0 Å². The van der Waals surface area contributed by atoms with Crippen molar-refractivity contribution in [2.75, 3.05) is 0 Å². The van der Waals surface area contributed by atoms with Crippen molar-refractivity contribution in [3.05, 3.63) is 29.3 Å². The van der Waals surface area contributed by atoms with Gasteiger partial charge in [-0.05, 0) is 25.5 Å². The molecular weight excluding hydrogens is 302 g/mol. The number of rotatable bonds is 4. The third-order valence-corrected chi connectivity index (χ3v) is 3.69. The molecule has 0 aliphatic carbocycles. The number of carbonyl (C=O) groups is 1. The number of hydrogen-bond donors (Lipinski definition) is 0. The average molecular weight is 313 g/mol. The molecule has 0 aliphatic rings. The number of carbonyl (C=O) groups excluding carboxylic acids is 1. The summed E-state index contributed by atoms with van der Waals surface area (Å²) < 4.78 is 54.0. The van der Waals surface area contributed by atoms with Crippen molar-refractivity contribution in [1.29, 1.82) is 0 Å². The molecule has 1 aromatic rings. The SMILES string of the molecule is CCC(C)OC(=O)c1cc(F)cc(S(=O)(=O)Cl)c1F. The van der Waals surface area contributed by atoms with Crippen LogP contribution in [0.25, 0.3) is 0 Å². The van der Waals surface area contributed by atoms with Crippen LogP contribution in [0.1, 0.15) is 30.6 Å². The lowest BCUT2D eigenvalue weighted by atomic mass is 10.2. The largest absolute Gasteiger partial charge is 0.459 e. The van der Waals surface area contributed by atoms with E-state index in [-0.39, 0.29) is 0 Å². The van der Waals surface area contributed by atoms with E-state index < -0.39 is 43.2 Å². The lowest BCUT2D eigenvalue weighted by Crippen LogP contribution is -2.16. The fraction of sp³-hybridized carbons (Fsp3) is 0.364. The van der Waals surface area contributed by atoms with E-state index >= 15 is 0 Å². The summed E-state index contributed by atoms with van der Waals surface area (Å²) >= 11 is 0. The van der Waals surface area contributed by atoms with Gasteiger partial charge in [-0.25, -0.2) is 22.0 Å². The van der Waals surface area contributed by atoms with Gasteiger partial charge in [0.25, 0.3) is 9.05 Å². The smallest absolute Gasteiger partial charge is 0.341 e. The maximum atomic E-state index is 13.8. The van der Waals surface area contributed by atoms with Gasteiger partial charge in [-0.1, -0.05) is 6.92 Å². The van der Waals surface area contributed by atoms with Crippen molar-refractivity contribution < 1.29 is 26.7 Å². The maximum absolute atomic E-state index is 13.8. The van der Waals surface area contributed by atoms with Crippen molar-refractivity contribution in [3.8, 4) is 0 Å². The van der Waals surface area contributed by atoms with E-state index in [9.17, 15) is 22.0 Å². The van der Waals surface area contributed by atoms with Crippen LogP contribution in [-0.2, 0) is 13.8 Å². The van der Waals surface area contributed by atoms with Gasteiger partial charge in [0.1, 0.15) is 10.7 Å². The fourth-order valence-electron chi connectivity index (χ4n) is 1.22. The third kappa shape index (κ3) is 3.87. The van der Waals surface area contributed by atoms with Gasteiger partial charge >= 0.3 is 5.97 Å². The molecule has 0 saturated heterocycles. The normalized spacial score (nSPS) is 13.1. The minimum atomic E-state index is -4.50. The van der Waals surface area contributed by atoms with Crippen molar-refractivity contribution in [2.24, 2.45) is 0 Å². The standard InChI is InChI=1S/C11H11ClF2O4S/c1-3-6(2)18-11(15)8-4-7(13)5-9(10(8)14)19(12,16)17/h4-6H,3H2,1-2H3. The molecule has 8 heteroatoms. The molecule has 1 rings (SSSR count).